The number of carbonyl (C=O) groups is 1. The van der Waals surface area contributed by atoms with Gasteiger partial charge in [-0.1, -0.05) is 18.4 Å². The molecule has 2 aromatic carbocycles. The van der Waals surface area contributed by atoms with Gasteiger partial charge in [-0.25, -0.2) is 23.4 Å². The fourth-order valence-electron chi connectivity index (χ4n) is 7.09. The number of amides is 1. The van der Waals surface area contributed by atoms with Gasteiger partial charge in [0, 0.05) is 49.4 Å². The number of carbonyl (C=O) groups excluding carboxylic acids is 1. The Morgan fingerprint density at radius 1 is 1.12 bits per heavy atom. The second-order valence-electron chi connectivity index (χ2n) is 13.5. The van der Waals surface area contributed by atoms with E-state index in [0.29, 0.717) is 49.2 Å². The molecule has 4 aromatic rings. The van der Waals surface area contributed by atoms with Gasteiger partial charge in [-0.15, -0.1) is 6.42 Å². The van der Waals surface area contributed by atoms with Crippen molar-refractivity contribution in [2.75, 3.05) is 44.3 Å². The Hall–Kier alpha value is -4.67. The maximum Gasteiger partial charge on any atom is 0.415 e. The van der Waals surface area contributed by atoms with Gasteiger partial charge < -0.3 is 19.7 Å². The number of halogens is 3. The number of hydrogen-bond donors (Lipinski definition) is 2. The zero-order valence-electron chi connectivity index (χ0n) is 28.7. The molecule has 0 unspecified atom stereocenters. The average molecular weight is 702 g/mol. The van der Waals surface area contributed by atoms with Crippen LogP contribution in [0.5, 0.6) is 11.8 Å². The Kier molecular flexibility index (Phi) is 10.4. The summed E-state index contributed by atoms with van der Waals surface area (Å²) in [5.74, 6) is 1.43. The van der Waals surface area contributed by atoms with E-state index in [9.17, 15) is 9.18 Å². The summed E-state index contributed by atoms with van der Waals surface area (Å²) in [5, 5.41) is 6.02. The molecule has 1 saturated carbocycles. The van der Waals surface area contributed by atoms with Crippen molar-refractivity contribution in [3.8, 4) is 35.4 Å². The molecule has 10 nitrogen and oxygen atoms in total. The Balaban J connectivity index is 1.34. The van der Waals surface area contributed by atoms with Crippen LogP contribution in [0.25, 0.3) is 32.9 Å². The van der Waals surface area contributed by atoms with Crippen molar-refractivity contribution in [2.24, 2.45) is 5.92 Å². The molecule has 2 atom stereocenters. The number of terminal acetylenes is 1. The number of alkyl halides is 1. The highest BCUT2D eigenvalue weighted by Gasteiger charge is 2.33. The SMILES string of the molecule is C#Cc1c(F)ccc2cc(OC(=O)N(CC)C3CC3)cc(-c3ncc4c(N5CCCCCN5)nc(OC[C@@H]5CCCNC[C@H](F)C5)nc4c3F)c12. The van der Waals surface area contributed by atoms with Crippen LogP contribution in [0.4, 0.5) is 23.8 Å². The van der Waals surface area contributed by atoms with Crippen LogP contribution in [0.15, 0.2) is 30.5 Å². The Morgan fingerprint density at radius 2 is 1.98 bits per heavy atom. The van der Waals surface area contributed by atoms with Crippen LogP contribution in [0.1, 0.15) is 63.9 Å². The standard InChI is InChI=1S/C38H42F3N7O3/c1-3-28-31(40)13-10-24-18-27(51-38(49)47(4-2)26-11-12-26)19-29(32(24)28)34-33(41)35-30(21-43-34)36(48-16-7-5-6-15-44-48)46-37(45-35)50-22-23-9-8-14-42-20-25(39)17-23/h1,10,13,18-19,21,23,25-26,42,44H,4-9,11-12,14-17,20,22H2,2H3/t23-,25-/m1/s1. The summed E-state index contributed by atoms with van der Waals surface area (Å²) in [6.07, 6.45) is 12.4. The number of nitrogens with one attached hydrogen (secondary N) is 2. The van der Waals surface area contributed by atoms with E-state index in [2.05, 4.69) is 26.6 Å². The van der Waals surface area contributed by atoms with Gasteiger partial charge in [0.1, 0.15) is 28.9 Å². The molecule has 0 bridgehead atoms. The lowest BCUT2D eigenvalue weighted by molar-refractivity contribution is 0.152. The first-order valence-electron chi connectivity index (χ1n) is 17.9. The largest absolute Gasteiger partial charge is 0.463 e. The molecule has 2 aliphatic heterocycles. The van der Waals surface area contributed by atoms with Crippen LogP contribution in [0.3, 0.4) is 0 Å². The summed E-state index contributed by atoms with van der Waals surface area (Å²) in [4.78, 5) is 28.6. The lowest BCUT2D eigenvalue weighted by Gasteiger charge is -2.25. The van der Waals surface area contributed by atoms with E-state index in [4.69, 9.17) is 20.9 Å². The summed E-state index contributed by atoms with van der Waals surface area (Å²) in [6.45, 7) is 4.88. The van der Waals surface area contributed by atoms with Crippen LogP contribution in [0, 0.1) is 29.9 Å². The number of pyridine rings is 1. The quantitative estimate of drug-likeness (QED) is 0.195. The number of ether oxygens (including phenoxy) is 2. The normalized spacial score (nSPS) is 19.9. The molecule has 3 aliphatic rings. The summed E-state index contributed by atoms with van der Waals surface area (Å²) in [7, 11) is 0. The van der Waals surface area contributed by atoms with Crippen molar-refractivity contribution in [3.63, 3.8) is 0 Å². The minimum Gasteiger partial charge on any atom is -0.463 e. The molecule has 7 rings (SSSR count). The second-order valence-corrected chi connectivity index (χ2v) is 13.5. The highest BCUT2D eigenvalue weighted by Crippen LogP contribution is 2.39. The number of hydrazine groups is 1. The van der Waals surface area contributed by atoms with E-state index in [1.165, 1.54) is 24.4 Å². The third-order valence-electron chi connectivity index (χ3n) is 9.84. The fraction of sp³-hybridized carbons (Fsp3) is 0.474. The van der Waals surface area contributed by atoms with Gasteiger partial charge in [-0.3, -0.25) is 9.99 Å². The number of rotatable bonds is 8. The number of aromatic nitrogens is 3. The van der Waals surface area contributed by atoms with Crippen LogP contribution in [0.2, 0.25) is 0 Å². The number of hydrogen-bond acceptors (Lipinski definition) is 9. The molecule has 51 heavy (non-hydrogen) atoms. The maximum absolute atomic E-state index is 17.1. The maximum atomic E-state index is 17.1. The highest BCUT2D eigenvalue weighted by atomic mass is 19.1. The molecule has 3 fully saturated rings. The van der Waals surface area contributed by atoms with Gasteiger partial charge in [0.2, 0.25) is 0 Å². The van der Waals surface area contributed by atoms with Crippen LogP contribution < -0.4 is 25.2 Å². The smallest absolute Gasteiger partial charge is 0.415 e. The topological polar surface area (TPSA) is 105 Å². The minimum absolute atomic E-state index is 0.0437. The zero-order valence-corrected chi connectivity index (χ0v) is 28.7. The molecule has 1 amide bonds. The Bertz CT molecular complexity index is 1960. The van der Waals surface area contributed by atoms with Gasteiger partial charge in [0.15, 0.2) is 11.6 Å². The van der Waals surface area contributed by atoms with Gasteiger partial charge >= 0.3 is 12.1 Å². The molecular weight excluding hydrogens is 659 g/mol. The van der Waals surface area contributed by atoms with Gasteiger partial charge in [-0.2, -0.15) is 9.97 Å². The van der Waals surface area contributed by atoms with Gasteiger partial charge in [-0.05, 0) is 87.9 Å². The second kappa shape index (κ2) is 15.3. The fourth-order valence-corrected chi connectivity index (χ4v) is 7.09. The third-order valence-corrected chi connectivity index (χ3v) is 9.84. The first-order valence-corrected chi connectivity index (χ1v) is 17.9. The molecule has 0 radical (unpaired) electrons. The van der Waals surface area contributed by atoms with Crippen LogP contribution >= 0.6 is 0 Å². The molecular formula is C38H42F3N7O3. The van der Waals surface area contributed by atoms with E-state index in [1.54, 1.807) is 11.0 Å². The number of nitrogens with zero attached hydrogens (tertiary/aromatic N) is 5. The van der Waals surface area contributed by atoms with Gasteiger partial charge in [0.05, 0.1) is 17.6 Å². The third kappa shape index (κ3) is 7.53. The highest BCUT2D eigenvalue weighted by molar-refractivity contribution is 6.03. The Labute approximate surface area is 295 Å². The predicted octanol–water partition coefficient (Wildman–Crippen LogP) is 6.69. The molecule has 0 spiro atoms. The lowest BCUT2D eigenvalue weighted by atomic mass is 9.95. The first kappa shape index (κ1) is 34.8. The summed E-state index contributed by atoms with van der Waals surface area (Å²) >= 11 is 0. The lowest BCUT2D eigenvalue weighted by Crippen LogP contribution is -2.38. The molecule has 268 valence electrons. The number of fused-ring (bicyclic) bond motifs is 2. The molecule has 2 saturated heterocycles. The summed E-state index contributed by atoms with van der Waals surface area (Å²) in [6, 6.07) is 5.86. The first-order chi connectivity index (χ1) is 24.8. The summed E-state index contributed by atoms with van der Waals surface area (Å²) in [5.41, 5.74) is 3.22. The predicted molar refractivity (Wildman–Crippen MR) is 189 cm³/mol. The van der Waals surface area contributed by atoms with Crippen molar-refractivity contribution in [1.82, 2.24) is 30.6 Å². The van der Waals surface area contributed by atoms with Crippen LogP contribution in [-0.2, 0) is 0 Å². The number of anilines is 1. The van der Waals surface area contributed by atoms with E-state index < -0.39 is 23.9 Å². The minimum atomic E-state index is -0.999. The molecule has 1 aliphatic carbocycles. The molecule has 2 N–H and O–H groups in total. The van der Waals surface area contributed by atoms with Crippen molar-refractivity contribution in [1.29, 1.82) is 0 Å². The van der Waals surface area contributed by atoms with E-state index in [1.807, 2.05) is 11.9 Å². The number of benzene rings is 2. The van der Waals surface area contributed by atoms with Crippen molar-refractivity contribution >= 4 is 33.6 Å². The Morgan fingerprint density at radius 3 is 2.78 bits per heavy atom. The summed E-state index contributed by atoms with van der Waals surface area (Å²) < 4.78 is 58.7. The van der Waals surface area contributed by atoms with Crippen molar-refractivity contribution in [2.45, 2.75) is 70.5 Å². The average Bonchev–Trinajstić information content (AvgIpc) is 3.98. The molecule has 4 heterocycles. The van der Waals surface area contributed by atoms with E-state index >= 15 is 8.78 Å². The van der Waals surface area contributed by atoms with E-state index in [-0.39, 0.29) is 58.1 Å². The van der Waals surface area contributed by atoms with E-state index in [0.717, 1.165) is 51.5 Å². The van der Waals surface area contributed by atoms with Crippen molar-refractivity contribution in [3.05, 3.63) is 47.7 Å². The van der Waals surface area contributed by atoms with Crippen LogP contribution in [-0.4, -0.2) is 77.5 Å². The molecule has 13 heteroatoms. The zero-order chi connectivity index (χ0) is 35.5. The van der Waals surface area contributed by atoms with Gasteiger partial charge in [0.25, 0.3) is 0 Å². The molecule has 2 aromatic heterocycles. The van der Waals surface area contributed by atoms with Crippen molar-refractivity contribution < 1.29 is 27.4 Å². The monoisotopic (exact) mass is 701 g/mol.